The number of hydrazone groups is 2. The first-order chi connectivity index (χ1) is 14.8. The third-order valence-electron chi connectivity index (χ3n) is 3.66. The van der Waals surface area contributed by atoms with Gasteiger partial charge in [0, 0.05) is 17.9 Å². The van der Waals surface area contributed by atoms with Gasteiger partial charge in [0.05, 0.1) is 17.6 Å². The summed E-state index contributed by atoms with van der Waals surface area (Å²) in [4.78, 5) is 17.6. The van der Waals surface area contributed by atoms with E-state index in [-0.39, 0.29) is 33.2 Å². The summed E-state index contributed by atoms with van der Waals surface area (Å²) in [6.07, 6.45) is 4.26. The Hall–Kier alpha value is -3.26. The zero-order chi connectivity index (χ0) is 22.8. The van der Waals surface area contributed by atoms with Crippen molar-refractivity contribution in [2.45, 2.75) is 13.8 Å². The molecule has 0 unspecified atom stereocenters. The Kier molecular flexibility index (Phi) is 11.1. The Morgan fingerprint density at radius 3 is 2.41 bits per heavy atom. The summed E-state index contributed by atoms with van der Waals surface area (Å²) in [5.74, 6) is -0.220. The molecule has 0 aliphatic rings. The summed E-state index contributed by atoms with van der Waals surface area (Å²) in [6, 6.07) is 7.12. The van der Waals surface area contributed by atoms with E-state index < -0.39 is 4.92 Å². The molecule has 0 atom stereocenters. The summed E-state index contributed by atoms with van der Waals surface area (Å²) >= 11 is 9.93. The molecule has 2 rings (SSSR count). The molecular weight excluding hydrogens is 504 g/mol. The van der Waals surface area contributed by atoms with Crippen LogP contribution in [0.2, 0.25) is 0 Å². The van der Waals surface area contributed by atoms with Crippen LogP contribution in [0.1, 0.15) is 19.4 Å². The molecule has 1 aromatic heterocycles. The summed E-state index contributed by atoms with van der Waals surface area (Å²) in [5, 5.41) is 26.9. The Bertz CT molecular complexity index is 1080. The van der Waals surface area contributed by atoms with Crippen molar-refractivity contribution in [3.8, 4) is 5.69 Å². The second-order valence-electron chi connectivity index (χ2n) is 5.79. The quantitative estimate of drug-likeness (QED) is 0.140. The second kappa shape index (κ2) is 13.2. The number of rotatable bonds is 7. The molecule has 0 aliphatic heterocycles. The van der Waals surface area contributed by atoms with Crippen LogP contribution in [-0.2, 0) is 42.3 Å². The van der Waals surface area contributed by atoms with Crippen LogP contribution in [0.15, 0.2) is 62.2 Å². The number of hydrogen-bond donors (Lipinski definition) is 2. The molecule has 2 N–H and O–H groups in total. The van der Waals surface area contributed by atoms with Gasteiger partial charge in [-0.3, -0.25) is 20.4 Å². The normalized spacial score (nSPS) is 13.1. The van der Waals surface area contributed by atoms with Gasteiger partial charge in [0.1, 0.15) is 6.20 Å². The molecule has 2 aromatic rings. The first-order valence-corrected chi connectivity index (χ1v) is 9.43. The minimum atomic E-state index is -0.550. The van der Waals surface area contributed by atoms with Gasteiger partial charge >= 0.3 is 22.9 Å². The Labute approximate surface area is 205 Å². The van der Waals surface area contributed by atoms with E-state index in [0.29, 0.717) is 11.4 Å². The molecule has 32 heavy (non-hydrogen) atoms. The average molecular weight is 522 g/mol. The van der Waals surface area contributed by atoms with Crippen molar-refractivity contribution < 1.29 is 22.0 Å². The van der Waals surface area contributed by atoms with E-state index in [1.165, 1.54) is 12.5 Å². The molecule has 0 aliphatic carbocycles. The topological polar surface area (TPSA) is 147 Å². The predicted octanol–water partition coefficient (Wildman–Crippen LogP) is 1.48. The number of imidazole rings is 1. The van der Waals surface area contributed by atoms with Gasteiger partial charge in [-0.15, -0.1) is 0 Å². The van der Waals surface area contributed by atoms with Crippen molar-refractivity contribution in [3.63, 3.8) is 0 Å². The minimum Gasteiger partial charge on any atom is -0.741 e. The molecule has 0 saturated heterocycles. The number of aliphatic imine (C=N–C) groups is 1. The van der Waals surface area contributed by atoms with Crippen molar-refractivity contribution >= 4 is 59.0 Å². The molecule has 0 amide bonds. The van der Waals surface area contributed by atoms with E-state index >= 15 is 0 Å². The molecule has 12 nitrogen and oxygen atoms in total. The van der Waals surface area contributed by atoms with Gasteiger partial charge in [-0.1, -0.05) is 12.1 Å². The Morgan fingerprint density at radius 1 is 1.12 bits per heavy atom. The molecule has 15 heteroatoms. The SMILES string of the molecule is CN=C([S-])N/N=C(C)/C(C)=N/N=C(\[S-])N/N=C/c1ccc(-n2cnc([N+](=O)[O-])c2)cc1.[64Cu+2]. The molecular formula is C17H18CuN10O2S2. The molecule has 1 aromatic carbocycles. The van der Waals surface area contributed by atoms with Crippen LogP contribution in [0.3, 0.4) is 0 Å². The van der Waals surface area contributed by atoms with E-state index in [2.05, 4.69) is 41.2 Å². The van der Waals surface area contributed by atoms with Crippen molar-refractivity contribution in [1.82, 2.24) is 20.4 Å². The van der Waals surface area contributed by atoms with E-state index in [0.717, 1.165) is 11.3 Å². The van der Waals surface area contributed by atoms with Crippen LogP contribution in [0.25, 0.3) is 5.69 Å². The summed E-state index contributed by atoms with van der Waals surface area (Å²) in [5.41, 5.74) is 7.80. The maximum atomic E-state index is 10.7. The largest absolute Gasteiger partial charge is 2.00 e. The van der Waals surface area contributed by atoms with Gasteiger partial charge in [-0.05, 0) is 46.6 Å². The fourth-order valence-corrected chi connectivity index (χ4v) is 2.06. The number of aromatic nitrogens is 2. The number of hydrogen-bond acceptors (Lipinski definition) is 10. The van der Waals surface area contributed by atoms with Gasteiger partial charge in [0.2, 0.25) is 6.33 Å². The Balaban J connectivity index is 0.00000512. The standard InChI is InChI=1S/C17H20N10O2S2.Cu/c1-11(21-24-16(30)18-3)12(2)22-25-17(31)23-20-8-13-4-6-14(7-5-13)26-9-15(19-10-26)27(28)29;/h4-10H,1-3H3,(H2,18,24,30)(H2,23,25,31);/q;+2/p-2/b20-8+,21-11+,22-12+;/i;1+0. The van der Waals surface area contributed by atoms with Gasteiger partial charge in [-0.2, -0.15) is 20.4 Å². The fourth-order valence-electron chi connectivity index (χ4n) is 1.92. The van der Waals surface area contributed by atoms with E-state index in [4.69, 9.17) is 25.3 Å². The van der Waals surface area contributed by atoms with E-state index in [1.807, 2.05) is 0 Å². The second-order valence-corrected chi connectivity index (χ2v) is 6.56. The van der Waals surface area contributed by atoms with Crippen LogP contribution in [0.5, 0.6) is 0 Å². The first-order valence-electron chi connectivity index (χ1n) is 8.61. The third-order valence-corrected chi connectivity index (χ3v) is 4.10. The average Bonchev–Trinajstić information content (AvgIpc) is 3.26. The van der Waals surface area contributed by atoms with Crippen molar-refractivity contribution in [2.24, 2.45) is 25.4 Å². The zero-order valence-corrected chi connectivity index (χ0v) is 19.6. The Morgan fingerprint density at radius 2 is 1.81 bits per heavy atom. The maximum absolute atomic E-state index is 10.7. The molecule has 0 bridgehead atoms. The van der Waals surface area contributed by atoms with E-state index in [1.54, 1.807) is 55.9 Å². The molecule has 1 radical (unpaired) electrons. The molecule has 171 valence electrons. The van der Waals surface area contributed by atoms with Crippen LogP contribution >= 0.6 is 0 Å². The van der Waals surface area contributed by atoms with Gasteiger partial charge in [-0.25, -0.2) is 0 Å². The third kappa shape index (κ3) is 8.47. The van der Waals surface area contributed by atoms with Gasteiger partial charge in [0.15, 0.2) is 0 Å². The number of nitro groups is 1. The van der Waals surface area contributed by atoms with Crippen LogP contribution in [0.4, 0.5) is 5.82 Å². The molecule has 1 heterocycles. The van der Waals surface area contributed by atoms with Crippen LogP contribution in [0, 0.1) is 10.1 Å². The minimum absolute atomic E-state index is 0. The van der Waals surface area contributed by atoms with Crippen molar-refractivity contribution in [1.29, 1.82) is 0 Å². The van der Waals surface area contributed by atoms with Crippen LogP contribution < -0.4 is 10.9 Å². The van der Waals surface area contributed by atoms with Crippen molar-refractivity contribution in [2.75, 3.05) is 7.05 Å². The monoisotopic (exact) mass is 522 g/mol. The smallest absolute Gasteiger partial charge is 0.741 e. The molecule has 0 fully saturated rings. The summed E-state index contributed by atoms with van der Waals surface area (Å²) in [7, 11) is 1.56. The summed E-state index contributed by atoms with van der Waals surface area (Å²) < 4.78 is 1.55. The number of nitrogens with one attached hydrogen (secondary N) is 2. The summed E-state index contributed by atoms with van der Waals surface area (Å²) in [6.45, 7) is 3.46. The fraction of sp³-hybridized carbons (Fsp3) is 0.176. The number of amidine groups is 2. The van der Waals surface area contributed by atoms with E-state index in [9.17, 15) is 10.1 Å². The molecule has 0 spiro atoms. The predicted molar refractivity (Wildman–Crippen MR) is 126 cm³/mol. The van der Waals surface area contributed by atoms with Gasteiger partial charge < -0.3 is 35.4 Å². The number of benzene rings is 1. The van der Waals surface area contributed by atoms with Crippen LogP contribution in [-0.4, -0.2) is 49.5 Å². The van der Waals surface area contributed by atoms with Crippen molar-refractivity contribution in [3.05, 3.63) is 52.5 Å². The number of nitrogens with zero attached hydrogens (tertiary/aromatic N) is 8. The zero-order valence-electron chi connectivity index (χ0n) is 17.1. The molecule has 0 saturated carbocycles. The first kappa shape index (κ1) is 26.8. The van der Waals surface area contributed by atoms with Gasteiger partial charge in [0.25, 0.3) is 0 Å². The maximum Gasteiger partial charge on any atom is 2.00 e.